The molecule has 1 fully saturated rings. The van der Waals surface area contributed by atoms with Crippen LogP contribution in [0.2, 0.25) is 5.02 Å². The molecule has 1 aromatic heterocycles. The van der Waals surface area contributed by atoms with Crippen molar-refractivity contribution in [2.24, 2.45) is 5.92 Å². The minimum atomic E-state index is -0.106. The zero-order valence-corrected chi connectivity index (χ0v) is 12.5. The minimum absolute atomic E-state index is 0.106. The van der Waals surface area contributed by atoms with Crippen LogP contribution in [0.5, 0.6) is 0 Å². The lowest BCUT2D eigenvalue weighted by Gasteiger charge is -2.22. The van der Waals surface area contributed by atoms with Gasteiger partial charge in [-0.25, -0.2) is 4.98 Å². The lowest BCUT2D eigenvalue weighted by atomic mass is 9.98. The summed E-state index contributed by atoms with van der Waals surface area (Å²) >= 11 is 5.94. The number of amides is 1. The summed E-state index contributed by atoms with van der Waals surface area (Å²) in [5.41, 5.74) is 1.24. The standard InChI is InChI=1S/C16H18ClN3O/c17-13-2-4-14-12(9-13)1-3-15(20-14)16(21)19-10-11-5-7-18-8-6-11/h1-4,9,11,18H,5-8,10H2,(H,19,21). The maximum absolute atomic E-state index is 12.2. The first-order valence-electron chi connectivity index (χ1n) is 7.27. The van der Waals surface area contributed by atoms with Crippen LogP contribution in [0.4, 0.5) is 0 Å². The zero-order chi connectivity index (χ0) is 14.7. The van der Waals surface area contributed by atoms with Gasteiger partial charge in [-0.3, -0.25) is 4.79 Å². The first-order valence-corrected chi connectivity index (χ1v) is 7.65. The largest absolute Gasteiger partial charge is 0.350 e. The van der Waals surface area contributed by atoms with Gasteiger partial charge in [0.1, 0.15) is 5.69 Å². The van der Waals surface area contributed by atoms with Crippen LogP contribution in [-0.2, 0) is 0 Å². The summed E-state index contributed by atoms with van der Waals surface area (Å²) < 4.78 is 0. The predicted molar refractivity (Wildman–Crippen MR) is 84.7 cm³/mol. The summed E-state index contributed by atoms with van der Waals surface area (Å²) in [5.74, 6) is 0.458. The maximum atomic E-state index is 12.2. The van der Waals surface area contributed by atoms with E-state index in [2.05, 4.69) is 15.6 Å². The Balaban J connectivity index is 1.67. The highest BCUT2D eigenvalue weighted by Crippen LogP contribution is 2.18. The summed E-state index contributed by atoms with van der Waals surface area (Å²) in [7, 11) is 0. The first kappa shape index (κ1) is 14.3. The van der Waals surface area contributed by atoms with E-state index in [4.69, 9.17) is 11.6 Å². The molecule has 0 aliphatic carbocycles. The number of nitrogens with zero attached hydrogens (tertiary/aromatic N) is 1. The molecular formula is C16H18ClN3O. The molecule has 1 amide bonds. The van der Waals surface area contributed by atoms with E-state index in [1.54, 1.807) is 12.1 Å². The number of carbonyl (C=O) groups excluding carboxylic acids is 1. The van der Waals surface area contributed by atoms with Crippen LogP contribution in [0, 0.1) is 5.92 Å². The minimum Gasteiger partial charge on any atom is -0.350 e. The van der Waals surface area contributed by atoms with E-state index in [-0.39, 0.29) is 5.91 Å². The van der Waals surface area contributed by atoms with Gasteiger partial charge in [-0.05, 0) is 56.1 Å². The molecule has 3 rings (SSSR count). The molecule has 0 bridgehead atoms. The molecule has 0 radical (unpaired) electrons. The van der Waals surface area contributed by atoms with Crippen LogP contribution in [0.15, 0.2) is 30.3 Å². The van der Waals surface area contributed by atoms with Crippen molar-refractivity contribution in [1.82, 2.24) is 15.6 Å². The van der Waals surface area contributed by atoms with Crippen molar-refractivity contribution in [3.05, 3.63) is 41.0 Å². The number of hydrogen-bond donors (Lipinski definition) is 2. The number of nitrogens with one attached hydrogen (secondary N) is 2. The second-order valence-electron chi connectivity index (χ2n) is 5.44. The van der Waals surface area contributed by atoms with Crippen molar-refractivity contribution in [2.45, 2.75) is 12.8 Å². The summed E-state index contributed by atoms with van der Waals surface area (Å²) in [6.07, 6.45) is 2.23. The van der Waals surface area contributed by atoms with Gasteiger partial charge in [-0.15, -0.1) is 0 Å². The van der Waals surface area contributed by atoms with Gasteiger partial charge in [0, 0.05) is 17.0 Å². The molecule has 1 aromatic carbocycles. The third-order valence-corrected chi connectivity index (χ3v) is 4.13. The number of aromatic nitrogens is 1. The zero-order valence-electron chi connectivity index (χ0n) is 11.7. The molecule has 2 heterocycles. The molecule has 0 saturated carbocycles. The lowest BCUT2D eigenvalue weighted by Crippen LogP contribution is -2.36. The Kier molecular flexibility index (Phi) is 4.36. The molecular weight excluding hydrogens is 286 g/mol. The fourth-order valence-electron chi connectivity index (χ4n) is 2.64. The van der Waals surface area contributed by atoms with E-state index in [9.17, 15) is 4.79 Å². The molecule has 1 aliphatic rings. The van der Waals surface area contributed by atoms with E-state index in [1.807, 2.05) is 18.2 Å². The monoisotopic (exact) mass is 303 g/mol. The summed E-state index contributed by atoms with van der Waals surface area (Å²) in [6, 6.07) is 9.10. The van der Waals surface area contributed by atoms with Gasteiger partial charge < -0.3 is 10.6 Å². The molecule has 0 spiro atoms. The highest BCUT2D eigenvalue weighted by Gasteiger charge is 2.15. The number of halogens is 1. The lowest BCUT2D eigenvalue weighted by molar-refractivity contribution is 0.0939. The highest BCUT2D eigenvalue weighted by atomic mass is 35.5. The van der Waals surface area contributed by atoms with Gasteiger partial charge in [0.05, 0.1) is 5.52 Å². The molecule has 4 nitrogen and oxygen atoms in total. The molecule has 2 N–H and O–H groups in total. The highest BCUT2D eigenvalue weighted by molar-refractivity contribution is 6.31. The van der Waals surface area contributed by atoms with E-state index in [0.29, 0.717) is 16.6 Å². The Morgan fingerprint density at radius 2 is 2.10 bits per heavy atom. The van der Waals surface area contributed by atoms with Crippen LogP contribution >= 0.6 is 11.6 Å². The molecule has 1 saturated heterocycles. The van der Waals surface area contributed by atoms with Crippen molar-refractivity contribution >= 4 is 28.4 Å². The van der Waals surface area contributed by atoms with Gasteiger partial charge in [-0.2, -0.15) is 0 Å². The van der Waals surface area contributed by atoms with Crippen molar-refractivity contribution < 1.29 is 4.79 Å². The SMILES string of the molecule is O=C(NCC1CCNCC1)c1ccc2cc(Cl)ccc2n1. The number of hydrogen-bond acceptors (Lipinski definition) is 3. The Hall–Kier alpha value is -1.65. The van der Waals surface area contributed by atoms with Crippen LogP contribution in [-0.4, -0.2) is 30.5 Å². The fourth-order valence-corrected chi connectivity index (χ4v) is 2.82. The van der Waals surface area contributed by atoms with Crippen LogP contribution in [0.1, 0.15) is 23.3 Å². The topological polar surface area (TPSA) is 54.0 Å². The molecule has 0 unspecified atom stereocenters. The van der Waals surface area contributed by atoms with Crippen molar-refractivity contribution in [2.75, 3.05) is 19.6 Å². The Labute approximate surface area is 128 Å². The van der Waals surface area contributed by atoms with Gasteiger partial charge in [-0.1, -0.05) is 17.7 Å². The van der Waals surface area contributed by atoms with E-state index >= 15 is 0 Å². The van der Waals surface area contributed by atoms with Gasteiger partial charge in [0.25, 0.3) is 5.91 Å². The number of carbonyl (C=O) groups is 1. The fraction of sp³-hybridized carbons (Fsp3) is 0.375. The van der Waals surface area contributed by atoms with E-state index in [1.165, 1.54) is 0 Å². The number of fused-ring (bicyclic) bond motifs is 1. The number of piperidine rings is 1. The second-order valence-corrected chi connectivity index (χ2v) is 5.87. The average molecular weight is 304 g/mol. The second kappa shape index (κ2) is 6.41. The Morgan fingerprint density at radius 3 is 2.90 bits per heavy atom. The Morgan fingerprint density at radius 1 is 1.29 bits per heavy atom. The smallest absolute Gasteiger partial charge is 0.269 e. The van der Waals surface area contributed by atoms with Gasteiger partial charge in [0.15, 0.2) is 0 Å². The third kappa shape index (κ3) is 3.52. The number of pyridine rings is 1. The first-order chi connectivity index (χ1) is 10.2. The maximum Gasteiger partial charge on any atom is 0.269 e. The predicted octanol–water partition coefficient (Wildman–Crippen LogP) is 2.62. The van der Waals surface area contributed by atoms with Crippen LogP contribution in [0.25, 0.3) is 10.9 Å². The van der Waals surface area contributed by atoms with Crippen molar-refractivity contribution in [1.29, 1.82) is 0 Å². The number of benzene rings is 1. The van der Waals surface area contributed by atoms with E-state index in [0.717, 1.165) is 43.4 Å². The van der Waals surface area contributed by atoms with Gasteiger partial charge >= 0.3 is 0 Å². The molecule has 110 valence electrons. The molecule has 2 aromatic rings. The van der Waals surface area contributed by atoms with Gasteiger partial charge in [0.2, 0.25) is 0 Å². The molecule has 1 aliphatic heterocycles. The molecule has 0 atom stereocenters. The Bertz CT molecular complexity index is 653. The van der Waals surface area contributed by atoms with Crippen LogP contribution < -0.4 is 10.6 Å². The normalized spacial score (nSPS) is 16.0. The quantitative estimate of drug-likeness (QED) is 0.916. The van der Waals surface area contributed by atoms with Crippen molar-refractivity contribution in [3.63, 3.8) is 0 Å². The summed E-state index contributed by atoms with van der Waals surface area (Å²) in [5, 5.41) is 7.93. The number of rotatable bonds is 3. The average Bonchev–Trinajstić information content (AvgIpc) is 2.53. The molecule has 21 heavy (non-hydrogen) atoms. The third-order valence-electron chi connectivity index (χ3n) is 3.89. The molecule has 5 heteroatoms. The van der Waals surface area contributed by atoms with Crippen molar-refractivity contribution in [3.8, 4) is 0 Å². The summed E-state index contributed by atoms with van der Waals surface area (Å²) in [6.45, 7) is 2.80. The van der Waals surface area contributed by atoms with E-state index < -0.39 is 0 Å². The van der Waals surface area contributed by atoms with Crippen LogP contribution in [0.3, 0.4) is 0 Å². The summed E-state index contributed by atoms with van der Waals surface area (Å²) in [4.78, 5) is 16.6.